The molecule has 6 nitrogen and oxygen atoms in total. The lowest BCUT2D eigenvalue weighted by Gasteiger charge is -2.15. The molecule has 162 valence electrons. The molecule has 1 atom stereocenters. The maximum absolute atomic E-state index is 13.1. The van der Waals surface area contributed by atoms with Crippen molar-refractivity contribution in [3.63, 3.8) is 0 Å². The lowest BCUT2D eigenvalue weighted by atomic mass is 9.95. The number of aryl methyl sites for hydroxylation is 2. The van der Waals surface area contributed by atoms with Crippen LogP contribution in [0.2, 0.25) is 0 Å². The Morgan fingerprint density at radius 3 is 2.67 bits per heavy atom. The Labute approximate surface area is 185 Å². The molecule has 1 unspecified atom stereocenters. The third-order valence-electron chi connectivity index (χ3n) is 5.65. The first kappa shape index (κ1) is 21.5. The number of rotatable bonds is 6. The standard InChI is InChI=1S/C22H29N3O3S2/c1-12(2)21-24-13(3)18(30-21)20(27)25-22-17(15-8-4-5-9-16(15)29-22)19(26)23-11-14-7-6-10-28-14/h12,14H,4-11H2,1-3H3,(H,23,26)(H,25,27). The Kier molecular flexibility index (Phi) is 6.55. The average molecular weight is 448 g/mol. The summed E-state index contributed by atoms with van der Waals surface area (Å²) < 4.78 is 5.63. The molecule has 1 saturated heterocycles. The molecule has 0 bridgehead atoms. The van der Waals surface area contributed by atoms with Gasteiger partial charge in [-0.25, -0.2) is 4.98 Å². The highest BCUT2D eigenvalue weighted by Crippen LogP contribution is 2.39. The van der Waals surface area contributed by atoms with Gasteiger partial charge in [0.25, 0.3) is 11.8 Å². The van der Waals surface area contributed by atoms with Crippen molar-refractivity contribution in [2.45, 2.75) is 71.3 Å². The fourth-order valence-electron chi connectivity index (χ4n) is 4.03. The Morgan fingerprint density at radius 2 is 1.97 bits per heavy atom. The molecule has 1 aliphatic carbocycles. The number of thiazole rings is 1. The van der Waals surface area contributed by atoms with Crippen LogP contribution < -0.4 is 10.6 Å². The minimum Gasteiger partial charge on any atom is -0.376 e. The zero-order chi connectivity index (χ0) is 21.3. The molecule has 2 aromatic heterocycles. The quantitative estimate of drug-likeness (QED) is 0.674. The normalized spacial score (nSPS) is 18.5. The predicted molar refractivity (Wildman–Crippen MR) is 121 cm³/mol. The van der Waals surface area contributed by atoms with E-state index in [4.69, 9.17) is 4.74 Å². The Balaban J connectivity index is 1.57. The van der Waals surface area contributed by atoms with E-state index < -0.39 is 0 Å². The molecular formula is C22H29N3O3S2. The van der Waals surface area contributed by atoms with Crippen LogP contribution in [0.3, 0.4) is 0 Å². The van der Waals surface area contributed by atoms with Crippen LogP contribution in [0.15, 0.2) is 0 Å². The van der Waals surface area contributed by atoms with Crippen LogP contribution in [0, 0.1) is 6.92 Å². The maximum atomic E-state index is 13.1. The summed E-state index contributed by atoms with van der Waals surface area (Å²) in [6.07, 6.45) is 6.19. The largest absolute Gasteiger partial charge is 0.376 e. The van der Waals surface area contributed by atoms with Crippen LogP contribution in [0.25, 0.3) is 0 Å². The van der Waals surface area contributed by atoms with Gasteiger partial charge in [0.2, 0.25) is 0 Å². The van der Waals surface area contributed by atoms with Crippen molar-refractivity contribution < 1.29 is 14.3 Å². The van der Waals surface area contributed by atoms with Gasteiger partial charge in [-0.2, -0.15) is 0 Å². The molecule has 0 saturated carbocycles. The minimum atomic E-state index is -0.177. The van der Waals surface area contributed by atoms with Crippen LogP contribution in [-0.4, -0.2) is 36.1 Å². The number of anilines is 1. The van der Waals surface area contributed by atoms with Gasteiger partial charge in [0.15, 0.2) is 0 Å². The van der Waals surface area contributed by atoms with Crippen LogP contribution in [0.1, 0.15) is 86.6 Å². The van der Waals surface area contributed by atoms with Gasteiger partial charge in [-0.05, 0) is 51.0 Å². The molecule has 2 amide bonds. The summed E-state index contributed by atoms with van der Waals surface area (Å²) in [5.41, 5.74) is 2.49. The predicted octanol–water partition coefficient (Wildman–Crippen LogP) is 4.68. The van der Waals surface area contributed by atoms with E-state index in [1.165, 1.54) is 16.2 Å². The molecule has 4 rings (SSSR count). The monoisotopic (exact) mass is 447 g/mol. The lowest BCUT2D eigenvalue weighted by Crippen LogP contribution is -2.32. The van der Waals surface area contributed by atoms with E-state index in [0.717, 1.165) is 61.4 Å². The number of hydrogen-bond acceptors (Lipinski definition) is 6. The first-order valence-electron chi connectivity index (χ1n) is 10.8. The molecule has 2 aromatic rings. The summed E-state index contributed by atoms with van der Waals surface area (Å²) in [6.45, 7) is 7.30. The summed E-state index contributed by atoms with van der Waals surface area (Å²) in [5.74, 6) is -0.00350. The number of thiophene rings is 1. The van der Waals surface area contributed by atoms with Gasteiger partial charge in [-0.15, -0.1) is 22.7 Å². The summed E-state index contributed by atoms with van der Waals surface area (Å²) in [6, 6.07) is 0. The molecule has 1 fully saturated rings. The number of amides is 2. The summed E-state index contributed by atoms with van der Waals surface area (Å²) in [4.78, 5) is 32.5. The number of aromatic nitrogens is 1. The molecule has 3 heterocycles. The fourth-order valence-corrected chi connectivity index (χ4v) is 6.28. The van der Waals surface area contributed by atoms with E-state index in [1.54, 1.807) is 11.3 Å². The third-order valence-corrected chi connectivity index (χ3v) is 8.32. The number of nitrogens with one attached hydrogen (secondary N) is 2. The number of fused-ring (bicyclic) bond motifs is 1. The first-order valence-corrected chi connectivity index (χ1v) is 12.4. The van der Waals surface area contributed by atoms with Crippen molar-refractivity contribution in [3.05, 3.63) is 31.6 Å². The van der Waals surface area contributed by atoms with Gasteiger partial charge in [0.05, 0.1) is 22.4 Å². The molecular weight excluding hydrogens is 418 g/mol. The lowest BCUT2D eigenvalue weighted by molar-refractivity contribution is 0.0858. The summed E-state index contributed by atoms with van der Waals surface area (Å²) in [5, 5.41) is 7.71. The summed E-state index contributed by atoms with van der Waals surface area (Å²) >= 11 is 2.99. The van der Waals surface area contributed by atoms with E-state index in [1.807, 2.05) is 6.92 Å². The molecule has 2 aliphatic rings. The molecule has 1 aliphatic heterocycles. The second-order valence-corrected chi connectivity index (χ2v) is 10.5. The van der Waals surface area contributed by atoms with E-state index in [0.29, 0.717) is 22.0 Å². The average Bonchev–Trinajstić information content (AvgIpc) is 3.44. The van der Waals surface area contributed by atoms with E-state index in [-0.39, 0.29) is 23.8 Å². The number of ether oxygens (including phenoxy) is 1. The highest BCUT2D eigenvalue weighted by molar-refractivity contribution is 7.17. The van der Waals surface area contributed by atoms with Crippen LogP contribution in [0.4, 0.5) is 5.00 Å². The SMILES string of the molecule is Cc1nc(C(C)C)sc1C(=O)Nc1sc2c(c1C(=O)NCC1CCCO1)CCCC2. The Hall–Kier alpha value is -1.77. The van der Waals surface area contributed by atoms with Crippen LogP contribution in [-0.2, 0) is 17.6 Å². The molecule has 0 radical (unpaired) electrons. The second-order valence-electron chi connectivity index (χ2n) is 8.34. The molecule has 8 heteroatoms. The zero-order valence-electron chi connectivity index (χ0n) is 17.8. The third kappa shape index (κ3) is 4.45. The summed E-state index contributed by atoms with van der Waals surface area (Å²) in [7, 11) is 0. The van der Waals surface area contributed by atoms with E-state index in [2.05, 4.69) is 29.5 Å². The van der Waals surface area contributed by atoms with Crippen molar-refractivity contribution >= 4 is 39.5 Å². The number of nitrogens with zero attached hydrogens (tertiary/aromatic N) is 1. The molecule has 0 aromatic carbocycles. The molecule has 30 heavy (non-hydrogen) atoms. The topological polar surface area (TPSA) is 80.3 Å². The van der Waals surface area contributed by atoms with Gasteiger partial charge < -0.3 is 15.4 Å². The van der Waals surface area contributed by atoms with Gasteiger partial charge in [-0.1, -0.05) is 13.8 Å². The smallest absolute Gasteiger partial charge is 0.268 e. The minimum absolute atomic E-state index is 0.0933. The number of hydrogen-bond donors (Lipinski definition) is 2. The molecule has 2 N–H and O–H groups in total. The van der Waals surface area contributed by atoms with Crippen molar-refractivity contribution in [1.29, 1.82) is 0 Å². The Morgan fingerprint density at radius 1 is 1.17 bits per heavy atom. The van der Waals surface area contributed by atoms with Gasteiger partial charge in [-0.3, -0.25) is 9.59 Å². The number of carbonyl (C=O) groups excluding carboxylic acids is 2. The fraction of sp³-hybridized carbons (Fsp3) is 0.591. The highest BCUT2D eigenvalue weighted by Gasteiger charge is 2.28. The number of carbonyl (C=O) groups is 2. The molecule has 0 spiro atoms. The zero-order valence-corrected chi connectivity index (χ0v) is 19.4. The second kappa shape index (κ2) is 9.16. The van der Waals surface area contributed by atoms with Crippen LogP contribution >= 0.6 is 22.7 Å². The maximum Gasteiger partial charge on any atom is 0.268 e. The van der Waals surface area contributed by atoms with Crippen molar-refractivity contribution in [1.82, 2.24) is 10.3 Å². The van der Waals surface area contributed by atoms with Crippen molar-refractivity contribution in [3.8, 4) is 0 Å². The van der Waals surface area contributed by atoms with Crippen molar-refractivity contribution in [2.24, 2.45) is 0 Å². The van der Waals surface area contributed by atoms with Crippen molar-refractivity contribution in [2.75, 3.05) is 18.5 Å². The first-order chi connectivity index (χ1) is 14.4. The van der Waals surface area contributed by atoms with E-state index >= 15 is 0 Å². The van der Waals surface area contributed by atoms with E-state index in [9.17, 15) is 9.59 Å². The van der Waals surface area contributed by atoms with Gasteiger partial charge in [0, 0.05) is 23.9 Å². The van der Waals surface area contributed by atoms with Crippen LogP contribution in [0.5, 0.6) is 0 Å². The van der Waals surface area contributed by atoms with Gasteiger partial charge >= 0.3 is 0 Å². The Bertz CT molecular complexity index is 942. The van der Waals surface area contributed by atoms with Gasteiger partial charge in [0.1, 0.15) is 9.88 Å². The highest BCUT2D eigenvalue weighted by atomic mass is 32.1.